The summed E-state index contributed by atoms with van der Waals surface area (Å²) < 4.78 is 5.69. The second kappa shape index (κ2) is 6.71. The number of ether oxygens (including phenoxy) is 1. The summed E-state index contributed by atoms with van der Waals surface area (Å²) in [6.07, 6.45) is 0. The molecule has 1 N–H and O–H groups in total. The second-order valence-electron chi connectivity index (χ2n) is 5.77. The highest BCUT2D eigenvalue weighted by Crippen LogP contribution is 2.41. The standard InChI is InChI=1S/C20H20N2O2/c1-4-24-19-12-18(20(23)17-8-6-5-7-16(17)19)22-21-15-10-13(2)9-14(3)11-15/h5-12,23H,4H2,1-3H3. The Kier molecular flexibility index (Phi) is 4.47. The van der Waals surface area contributed by atoms with Gasteiger partial charge in [-0.1, -0.05) is 30.3 Å². The van der Waals surface area contributed by atoms with Crippen molar-refractivity contribution in [3.63, 3.8) is 0 Å². The van der Waals surface area contributed by atoms with Gasteiger partial charge in [-0.25, -0.2) is 0 Å². The summed E-state index contributed by atoms with van der Waals surface area (Å²) in [6, 6.07) is 15.3. The van der Waals surface area contributed by atoms with Crippen LogP contribution in [0.15, 0.2) is 58.8 Å². The fourth-order valence-electron chi connectivity index (χ4n) is 2.78. The van der Waals surface area contributed by atoms with Crippen LogP contribution in [0.2, 0.25) is 0 Å². The molecular weight excluding hydrogens is 300 g/mol. The molecule has 0 bridgehead atoms. The molecule has 122 valence electrons. The molecule has 0 atom stereocenters. The van der Waals surface area contributed by atoms with Crippen molar-refractivity contribution in [2.45, 2.75) is 20.8 Å². The highest BCUT2D eigenvalue weighted by molar-refractivity contribution is 5.97. The Bertz CT molecular complexity index is 897. The van der Waals surface area contributed by atoms with Crippen LogP contribution in [0.25, 0.3) is 10.8 Å². The van der Waals surface area contributed by atoms with E-state index in [-0.39, 0.29) is 5.75 Å². The minimum atomic E-state index is 0.113. The van der Waals surface area contributed by atoms with Crippen molar-refractivity contribution in [2.75, 3.05) is 6.61 Å². The Balaban J connectivity index is 2.08. The molecular formula is C20H20N2O2. The van der Waals surface area contributed by atoms with Gasteiger partial charge in [-0.15, -0.1) is 5.11 Å². The highest BCUT2D eigenvalue weighted by atomic mass is 16.5. The van der Waals surface area contributed by atoms with E-state index in [1.165, 1.54) is 0 Å². The van der Waals surface area contributed by atoms with Gasteiger partial charge in [0.05, 0.1) is 12.3 Å². The molecule has 0 aliphatic carbocycles. The van der Waals surface area contributed by atoms with Crippen molar-refractivity contribution >= 4 is 22.1 Å². The normalized spacial score (nSPS) is 11.3. The zero-order valence-electron chi connectivity index (χ0n) is 14.1. The van der Waals surface area contributed by atoms with E-state index in [2.05, 4.69) is 16.3 Å². The van der Waals surface area contributed by atoms with Crippen LogP contribution in [0.3, 0.4) is 0 Å². The van der Waals surface area contributed by atoms with E-state index in [9.17, 15) is 5.11 Å². The lowest BCUT2D eigenvalue weighted by atomic mass is 10.1. The molecule has 3 aromatic rings. The lowest BCUT2D eigenvalue weighted by molar-refractivity contribution is 0.344. The van der Waals surface area contributed by atoms with E-state index >= 15 is 0 Å². The number of hydrogen-bond acceptors (Lipinski definition) is 4. The molecule has 0 radical (unpaired) electrons. The molecule has 3 rings (SSSR count). The number of hydrogen-bond donors (Lipinski definition) is 1. The van der Waals surface area contributed by atoms with Gasteiger partial charge in [-0.05, 0) is 44.0 Å². The van der Waals surface area contributed by atoms with Crippen LogP contribution in [0.1, 0.15) is 18.1 Å². The summed E-state index contributed by atoms with van der Waals surface area (Å²) in [7, 11) is 0. The summed E-state index contributed by atoms with van der Waals surface area (Å²) >= 11 is 0. The molecule has 0 aliphatic rings. The monoisotopic (exact) mass is 320 g/mol. The van der Waals surface area contributed by atoms with Gasteiger partial charge >= 0.3 is 0 Å². The maximum Gasteiger partial charge on any atom is 0.151 e. The summed E-state index contributed by atoms with van der Waals surface area (Å²) in [6.45, 7) is 6.51. The first-order valence-corrected chi connectivity index (χ1v) is 7.96. The largest absolute Gasteiger partial charge is 0.505 e. The summed E-state index contributed by atoms with van der Waals surface area (Å²) in [5, 5.41) is 20.6. The van der Waals surface area contributed by atoms with E-state index in [1.54, 1.807) is 6.07 Å². The summed E-state index contributed by atoms with van der Waals surface area (Å²) in [5.41, 5.74) is 3.41. The molecule has 4 heteroatoms. The molecule has 4 nitrogen and oxygen atoms in total. The fourth-order valence-corrected chi connectivity index (χ4v) is 2.78. The smallest absolute Gasteiger partial charge is 0.151 e. The van der Waals surface area contributed by atoms with Gasteiger partial charge in [0, 0.05) is 16.8 Å². The van der Waals surface area contributed by atoms with E-state index in [1.807, 2.05) is 57.2 Å². The van der Waals surface area contributed by atoms with Gasteiger partial charge in [0.15, 0.2) is 5.75 Å². The van der Waals surface area contributed by atoms with Gasteiger partial charge in [-0.3, -0.25) is 0 Å². The molecule has 0 fully saturated rings. The van der Waals surface area contributed by atoms with Crippen molar-refractivity contribution in [2.24, 2.45) is 10.2 Å². The predicted octanol–water partition coefficient (Wildman–Crippen LogP) is 5.98. The number of aromatic hydroxyl groups is 1. The summed E-state index contributed by atoms with van der Waals surface area (Å²) in [4.78, 5) is 0. The van der Waals surface area contributed by atoms with Crippen molar-refractivity contribution in [3.8, 4) is 11.5 Å². The number of rotatable bonds is 4. The van der Waals surface area contributed by atoms with Crippen LogP contribution in [0, 0.1) is 13.8 Å². The molecule has 0 spiro atoms. The van der Waals surface area contributed by atoms with E-state index in [0.29, 0.717) is 23.4 Å². The van der Waals surface area contributed by atoms with Crippen molar-refractivity contribution in [1.82, 2.24) is 0 Å². The first-order chi connectivity index (χ1) is 11.6. The van der Waals surface area contributed by atoms with Crippen LogP contribution in [-0.4, -0.2) is 11.7 Å². The number of fused-ring (bicyclic) bond motifs is 1. The van der Waals surface area contributed by atoms with Crippen molar-refractivity contribution in [1.29, 1.82) is 0 Å². The number of benzene rings is 3. The average molecular weight is 320 g/mol. The third-order valence-corrected chi connectivity index (χ3v) is 3.74. The van der Waals surface area contributed by atoms with Crippen LogP contribution in [0.4, 0.5) is 11.4 Å². The van der Waals surface area contributed by atoms with Crippen LogP contribution < -0.4 is 4.74 Å². The molecule has 3 aromatic carbocycles. The van der Waals surface area contributed by atoms with E-state index in [4.69, 9.17) is 4.74 Å². The maximum atomic E-state index is 10.5. The minimum absolute atomic E-state index is 0.113. The van der Waals surface area contributed by atoms with Crippen LogP contribution in [0.5, 0.6) is 11.5 Å². The van der Waals surface area contributed by atoms with Crippen LogP contribution >= 0.6 is 0 Å². The van der Waals surface area contributed by atoms with Gasteiger partial charge in [0.25, 0.3) is 0 Å². The number of phenols is 1. The Morgan fingerprint density at radius 3 is 2.25 bits per heavy atom. The maximum absolute atomic E-state index is 10.5. The minimum Gasteiger partial charge on any atom is -0.505 e. The molecule has 24 heavy (non-hydrogen) atoms. The Morgan fingerprint density at radius 2 is 1.58 bits per heavy atom. The molecule has 0 aromatic heterocycles. The van der Waals surface area contributed by atoms with Gasteiger partial charge in [0.2, 0.25) is 0 Å². The van der Waals surface area contributed by atoms with Gasteiger partial charge < -0.3 is 9.84 Å². The fraction of sp³-hybridized carbons (Fsp3) is 0.200. The predicted molar refractivity (Wildman–Crippen MR) is 96.9 cm³/mol. The third kappa shape index (κ3) is 3.23. The summed E-state index contributed by atoms with van der Waals surface area (Å²) in [5.74, 6) is 0.808. The average Bonchev–Trinajstić information content (AvgIpc) is 2.56. The van der Waals surface area contributed by atoms with Crippen molar-refractivity contribution in [3.05, 3.63) is 59.7 Å². The zero-order valence-corrected chi connectivity index (χ0v) is 14.1. The first-order valence-electron chi connectivity index (χ1n) is 7.96. The SMILES string of the molecule is CCOc1cc(N=Nc2cc(C)cc(C)c2)c(O)c2ccccc12. The Labute approximate surface area is 141 Å². The van der Waals surface area contributed by atoms with Crippen LogP contribution in [-0.2, 0) is 0 Å². The highest BCUT2D eigenvalue weighted by Gasteiger charge is 2.11. The molecule has 0 amide bonds. The third-order valence-electron chi connectivity index (χ3n) is 3.74. The number of phenolic OH excluding ortho intramolecular Hbond substituents is 1. The lowest BCUT2D eigenvalue weighted by Crippen LogP contribution is -1.92. The quantitative estimate of drug-likeness (QED) is 0.601. The van der Waals surface area contributed by atoms with Gasteiger partial charge in [-0.2, -0.15) is 5.11 Å². The lowest BCUT2D eigenvalue weighted by Gasteiger charge is -2.10. The molecule has 0 aliphatic heterocycles. The first kappa shape index (κ1) is 16.0. The number of nitrogens with zero attached hydrogens (tertiary/aromatic N) is 2. The Hall–Kier alpha value is -2.88. The molecule has 0 saturated carbocycles. The van der Waals surface area contributed by atoms with E-state index in [0.717, 1.165) is 22.2 Å². The molecule has 0 heterocycles. The van der Waals surface area contributed by atoms with Crippen molar-refractivity contribution < 1.29 is 9.84 Å². The number of azo groups is 1. The molecule has 0 saturated heterocycles. The van der Waals surface area contributed by atoms with Gasteiger partial charge in [0.1, 0.15) is 11.4 Å². The second-order valence-corrected chi connectivity index (χ2v) is 5.77. The van der Waals surface area contributed by atoms with E-state index < -0.39 is 0 Å². The number of aryl methyl sites for hydroxylation is 2. The zero-order chi connectivity index (χ0) is 17.1. The topological polar surface area (TPSA) is 54.2 Å². The Morgan fingerprint density at radius 1 is 0.917 bits per heavy atom. The molecule has 0 unspecified atom stereocenters.